The molecule has 0 bridgehead atoms. The fourth-order valence-electron chi connectivity index (χ4n) is 9.35. The van der Waals surface area contributed by atoms with Gasteiger partial charge in [-0.1, -0.05) is 76.5 Å². The van der Waals surface area contributed by atoms with Crippen LogP contribution in [-0.4, -0.2) is 188 Å². The number of benzene rings is 8. The summed E-state index contributed by atoms with van der Waals surface area (Å²) in [5.41, 5.74) is -2.87. The van der Waals surface area contributed by atoms with Crippen molar-refractivity contribution in [3.05, 3.63) is 0 Å². The normalized spacial score (nSPS) is 11.9. The monoisotopic (exact) mass is 760 g/mol. The number of hydrogen-bond donors (Lipinski definition) is 0. The highest BCUT2D eigenvalue weighted by molar-refractivity contribution is 6.77. The molecule has 0 saturated heterocycles. The van der Waals surface area contributed by atoms with E-state index in [9.17, 15) is 0 Å². The van der Waals surface area contributed by atoms with Crippen molar-refractivity contribution in [2.75, 3.05) is 0 Å². The summed E-state index contributed by atoms with van der Waals surface area (Å²) in [5.74, 6) is 0. The first-order chi connectivity index (χ1) is 30.3. The average molecular weight is 756 g/mol. The van der Waals surface area contributed by atoms with E-state index >= 15 is 0 Å². The minimum atomic E-state index is -0.176. The first-order valence-electron chi connectivity index (χ1n) is 19.1. The Kier molecular flexibility index (Phi) is 10.9. The largest absolute Gasteiger partial charge is 0.457 e. The third-order valence-electron chi connectivity index (χ3n) is 12.8. The van der Waals surface area contributed by atoms with E-state index in [2.05, 4.69) is 0 Å². The highest BCUT2D eigenvalue weighted by Gasteiger charge is 2.31. The molecule has 0 saturated carbocycles. The van der Waals surface area contributed by atoms with Gasteiger partial charge in [-0.25, -0.2) is 0 Å². The second-order valence-electron chi connectivity index (χ2n) is 15.9. The van der Waals surface area contributed by atoms with E-state index in [0.29, 0.717) is 0 Å². The Morgan fingerprint density at radius 1 is 0.138 bits per heavy atom. The molecule has 0 amide bonds. The van der Waals surface area contributed by atoms with Crippen molar-refractivity contribution in [2.24, 2.45) is 0 Å². The van der Waals surface area contributed by atoms with Crippen LogP contribution in [-0.2, 0) is 0 Å². The van der Waals surface area contributed by atoms with Crippen molar-refractivity contribution >= 4 is 384 Å². The molecule has 9 aromatic rings. The Morgan fingerprint density at radius 2 is 0.354 bits per heavy atom. The molecule has 0 spiro atoms. The molecule has 1 nitrogen and oxygen atoms in total. The van der Waals surface area contributed by atoms with Gasteiger partial charge in [0.05, 0.1) is 0 Å². The Bertz CT molecular complexity index is 3740. The molecule has 1 aromatic heterocycles. The van der Waals surface area contributed by atoms with Gasteiger partial charge in [0.1, 0.15) is 199 Å². The second kappa shape index (κ2) is 15.3. The van der Waals surface area contributed by atoms with E-state index in [1.54, 1.807) is 0 Å². The smallest absolute Gasteiger partial charge is 0.127 e. The van der Waals surface area contributed by atoms with Gasteiger partial charge in [-0.3, -0.25) is 0 Å². The van der Waals surface area contributed by atoms with E-state index < -0.39 is 0 Å². The quantitative estimate of drug-likeness (QED) is 0.0973. The van der Waals surface area contributed by atoms with Crippen molar-refractivity contribution in [3.63, 3.8) is 0 Å². The Balaban J connectivity index is 1.70. The molecule has 0 atom stereocenters. The predicted octanol–water partition coefficient (Wildman–Crippen LogP) is -17.4. The molecule has 0 aliphatic heterocycles. The molecule has 238 valence electrons. The topological polar surface area (TPSA) is 13.1 Å². The number of furan rings is 1. The minimum absolute atomic E-state index is 0.0120. The molecule has 0 aliphatic rings. The zero-order chi connectivity index (χ0) is 47.8. The van der Waals surface area contributed by atoms with E-state index in [-0.39, 0.29) is 218 Å². The summed E-state index contributed by atoms with van der Waals surface area (Å²) in [4.78, 5) is 0. The molecule has 25 heteroatoms. The van der Waals surface area contributed by atoms with Crippen molar-refractivity contribution in [1.29, 1.82) is 0 Å². The lowest BCUT2D eigenvalue weighted by atomic mass is 9.56. The van der Waals surface area contributed by atoms with Gasteiger partial charge >= 0.3 is 0 Å². The van der Waals surface area contributed by atoms with E-state index in [4.69, 9.17) is 193 Å². The SMILES string of the molecule is [B]c1c([B])c([B])c2c(oc3c([B])c([B])c(-c4c5c([B])c([B])c([B])c([B])c5c(-c5c([B])c6c([B])c([B])c([B])c([B])c6c6c([B])c([B])c([B])c([B])c56)c5c([B])c([B])c([B])c([B])c45)c([B])c32)c1[B]. The van der Waals surface area contributed by atoms with Crippen molar-refractivity contribution < 1.29 is 4.42 Å². The van der Waals surface area contributed by atoms with Crippen LogP contribution in [0.5, 0.6) is 0 Å². The second-order valence-corrected chi connectivity index (χ2v) is 15.9. The summed E-state index contributed by atoms with van der Waals surface area (Å²) < 4.78 is 6.17. The Hall–Kier alpha value is -3.84. The Labute approximate surface area is 408 Å². The lowest BCUT2D eigenvalue weighted by molar-refractivity contribution is 0.675. The minimum Gasteiger partial charge on any atom is -0.457 e. The maximum absolute atomic E-state index is 7.31. The van der Waals surface area contributed by atoms with Crippen LogP contribution in [0.1, 0.15) is 0 Å². The zero-order valence-corrected chi connectivity index (χ0v) is 34.3. The molecule has 65 heavy (non-hydrogen) atoms. The summed E-state index contributed by atoms with van der Waals surface area (Å²) in [5, 5.41) is 0.705. The number of hydrogen-bond acceptors (Lipinski definition) is 1. The van der Waals surface area contributed by atoms with Gasteiger partial charge in [-0.15, -0.1) is 54.6 Å². The standard InChI is InChI=1S/C40B24O/c41-15-3(8-9(22(48)32(58)31(57)21(8)47)10-12(15)24(50)34(60)33(59)23(10)49)1-4-6(19(45)29(55)27(53)17(4)43)2(7-5(1)18(44)28(54)30(56)20(7)46)11-16(42)13-14-26(52)35(61)36(62)38(64)40(14)65-39(13)37(63)25(11)51. The molecule has 0 aliphatic carbocycles. The van der Waals surface area contributed by atoms with Crippen LogP contribution in [0.4, 0.5) is 0 Å². The van der Waals surface area contributed by atoms with Crippen LogP contribution in [0.25, 0.3) is 87.3 Å². The van der Waals surface area contributed by atoms with Crippen LogP contribution in [0.15, 0.2) is 4.42 Å². The summed E-state index contributed by atoms with van der Waals surface area (Å²) >= 11 is 0. The maximum atomic E-state index is 7.31. The van der Waals surface area contributed by atoms with Gasteiger partial charge in [0.15, 0.2) is 0 Å². The zero-order valence-electron chi connectivity index (χ0n) is 34.3. The van der Waals surface area contributed by atoms with E-state index in [1.165, 1.54) is 0 Å². The first kappa shape index (κ1) is 46.3. The fraction of sp³-hybridized carbons (Fsp3) is 0. The fourth-order valence-corrected chi connectivity index (χ4v) is 9.35. The molecule has 1 heterocycles. The lowest BCUT2D eigenvalue weighted by Gasteiger charge is -2.33. The highest BCUT2D eigenvalue weighted by Crippen LogP contribution is 2.42. The molecule has 48 radical (unpaired) electrons. The van der Waals surface area contributed by atoms with Crippen LogP contribution in [0, 0.1) is 0 Å². The molecule has 0 N–H and O–H groups in total. The maximum Gasteiger partial charge on any atom is 0.127 e. The van der Waals surface area contributed by atoms with E-state index in [1.807, 2.05) is 0 Å². The van der Waals surface area contributed by atoms with Crippen LogP contribution >= 0.6 is 0 Å². The lowest BCUT2D eigenvalue weighted by Crippen LogP contribution is -2.52. The molecule has 8 aromatic carbocycles. The van der Waals surface area contributed by atoms with Gasteiger partial charge < -0.3 is 4.42 Å². The average Bonchev–Trinajstić information content (AvgIpc) is 3.69. The van der Waals surface area contributed by atoms with Crippen LogP contribution < -0.4 is 131 Å². The van der Waals surface area contributed by atoms with Crippen LogP contribution in [0.2, 0.25) is 0 Å². The summed E-state index contributed by atoms with van der Waals surface area (Å²) in [7, 11) is 162. The summed E-state index contributed by atoms with van der Waals surface area (Å²) in [6.45, 7) is 0. The molecular formula is C40B24O. The van der Waals surface area contributed by atoms with Crippen molar-refractivity contribution in [2.45, 2.75) is 0 Å². The van der Waals surface area contributed by atoms with Gasteiger partial charge in [0.25, 0.3) is 0 Å². The first-order valence-corrected chi connectivity index (χ1v) is 19.1. The third-order valence-corrected chi connectivity index (χ3v) is 12.8. The van der Waals surface area contributed by atoms with Gasteiger partial charge in [-0.05, 0) is 65.3 Å². The van der Waals surface area contributed by atoms with Gasteiger partial charge in [0, 0.05) is 10.8 Å². The van der Waals surface area contributed by atoms with E-state index in [0.717, 1.165) is 0 Å². The molecule has 0 unspecified atom stereocenters. The van der Waals surface area contributed by atoms with Gasteiger partial charge in [-0.2, -0.15) is 0 Å². The highest BCUT2D eigenvalue weighted by atomic mass is 16.3. The summed E-state index contributed by atoms with van der Waals surface area (Å²) in [6, 6.07) is 0. The summed E-state index contributed by atoms with van der Waals surface area (Å²) in [6.07, 6.45) is 0. The molecular weight excluding hydrogens is 756 g/mol. The molecule has 9 rings (SSSR count). The predicted molar refractivity (Wildman–Crippen MR) is 304 cm³/mol. The molecule has 0 fully saturated rings. The van der Waals surface area contributed by atoms with Crippen molar-refractivity contribution in [3.8, 4) is 22.3 Å². The Morgan fingerprint density at radius 3 is 0.723 bits per heavy atom. The number of rotatable bonds is 2. The van der Waals surface area contributed by atoms with Gasteiger partial charge in [0.2, 0.25) is 0 Å². The number of fused-ring (bicyclic) bond motifs is 8. The van der Waals surface area contributed by atoms with Crippen molar-refractivity contribution in [1.82, 2.24) is 0 Å². The van der Waals surface area contributed by atoms with Crippen LogP contribution in [0.3, 0.4) is 0 Å². The third kappa shape index (κ3) is 5.75.